The SMILES string of the molecule is CCNC(=NCCCOCC1CCOCC1)NC1CCCC(SCC)C1. The first kappa shape index (κ1) is 21.8. The Hall–Kier alpha value is -0.460. The van der Waals surface area contributed by atoms with Gasteiger partial charge in [-0.1, -0.05) is 13.3 Å². The molecule has 6 heteroatoms. The zero-order chi connectivity index (χ0) is 18.5. The average molecular weight is 386 g/mol. The van der Waals surface area contributed by atoms with E-state index in [-0.39, 0.29) is 0 Å². The van der Waals surface area contributed by atoms with Gasteiger partial charge in [0.05, 0.1) is 0 Å². The first-order valence-corrected chi connectivity index (χ1v) is 11.7. The maximum absolute atomic E-state index is 5.84. The van der Waals surface area contributed by atoms with Crippen molar-refractivity contribution < 1.29 is 9.47 Å². The minimum Gasteiger partial charge on any atom is -0.381 e. The van der Waals surface area contributed by atoms with E-state index >= 15 is 0 Å². The lowest BCUT2D eigenvalue weighted by Crippen LogP contribution is -2.45. The summed E-state index contributed by atoms with van der Waals surface area (Å²) in [6.45, 7) is 9.60. The van der Waals surface area contributed by atoms with Crippen molar-refractivity contribution in [3.63, 3.8) is 0 Å². The van der Waals surface area contributed by atoms with Crippen molar-refractivity contribution in [3.05, 3.63) is 0 Å². The molecule has 152 valence electrons. The lowest BCUT2D eigenvalue weighted by Gasteiger charge is -2.30. The van der Waals surface area contributed by atoms with Gasteiger partial charge in [0.15, 0.2) is 5.96 Å². The Morgan fingerprint density at radius 1 is 1.19 bits per heavy atom. The molecule has 2 N–H and O–H groups in total. The Morgan fingerprint density at radius 2 is 2.04 bits per heavy atom. The van der Waals surface area contributed by atoms with Crippen LogP contribution in [-0.2, 0) is 9.47 Å². The Bertz CT molecular complexity index is 387. The second-order valence-electron chi connectivity index (χ2n) is 7.33. The van der Waals surface area contributed by atoms with Crippen LogP contribution in [0.1, 0.15) is 58.8 Å². The first-order chi connectivity index (χ1) is 12.8. The number of ether oxygens (including phenoxy) is 2. The molecule has 1 aliphatic heterocycles. The monoisotopic (exact) mass is 385 g/mol. The van der Waals surface area contributed by atoms with E-state index in [0.29, 0.717) is 12.0 Å². The van der Waals surface area contributed by atoms with E-state index in [9.17, 15) is 0 Å². The molecule has 1 saturated heterocycles. The predicted octanol–water partition coefficient (Wildman–Crippen LogP) is 3.44. The summed E-state index contributed by atoms with van der Waals surface area (Å²) in [5.74, 6) is 2.88. The highest BCUT2D eigenvalue weighted by Crippen LogP contribution is 2.28. The normalized spacial score (nSPS) is 25.2. The molecule has 1 heterocycles. The number of nitrogens with one attached hydrogen (secondary N) is 2. The van der Waals surface area contributed by atoms with E-state index in [1.165, 1.54) is 31.4 Å². The number of aliphatic imine (C=N–C) groups is 1. The first-order valence-electron chi connectivity index (χ1n) is 10.6. The molecule has 26 heavy (non-hydrogen) atoms. The van der Waals surface area contributed by atoms with Gasteiger partial charge in [-0.3, -0.25) is 4.99 Å². The number of rotatable bonds is 10. The Balaban J connectivity index is 1.62. The van der Waals surface area contributed by atoms with Gasteiger partial charge in [0, 0.05) is 50.8 Å². The van der Waals surface area contributed by atoms with Gasteiger partial charge in [-0.05, 0) is 57.1 Å². The van der Waals surface area contributed by atoms with Gasteiger partial charge in [0.1, 0.15) is 0 Å². The molecular weight excluding hydrogens is 346 g/mol. The molecule has 1 saturated carbocycles. The quantitative estimate of drug-likeness (QED) is 0.343. The highest BCUT2D eigenvalue weighted by molar-refractivity contribution is 7.99. The summed E-state index contributed by atoms with van der Waals surface area (Å²) in [7, 11) is 0. The van der Waals surface area contributed by atoms with Gasteiger partial charge in [-0.15, -0.1) is 0 Å². The Labute approximate surface area is 164 Å². The molecule has 0 bridgehead atoms. The van der Waals surface area contributed by atoms with E-state index in [1.807, 2.05) is 0 Å². The third-order valence-electron chi connectivity index (χ3n) is 5.12. The Morgan fingerprint density at radius 3 is 2.81 bits per heavy atom. The Kier molecular flexibility index (Phi) is 11.5. The fraction of sp³-hybridized carbons (Fsp3) is 0.950. The molecule has 2 unspecified atom stereocenters. The van der Waals surface area contributed by atoms with Gasteiger partial charge >= 0.3 is 0 Å². The molecule has 2 aliphatic rings. The molecule has 2 fully saturated rings. The summed E-state index contributed by atoms with van der Waals surface area (Å²) in [6, 6.07) is 0.565. The summed E-state index contributed by atoms with van der Waals surface area (Å²) in [6.07, 6.45) is 8.50. The van der Waals surface area contributed by atoms with Crippen LogP contribution in [0.3, 0.4) is 0 Å². The van der Waals surface area contributed by atoms with Crippen LogP contribution in [0.4, 0.5) is 0 Å². The maximum atomic E-state index is 5.84. The predicted molar refractivity (Wildman–Crippen MR) is 112 cm³/mol. The average Bonchev–Trinajstić information content (AvgIpc) is 2.66. The molecule has 0 aromatic rings. The van der Waals surface area contributed by atoms with Crippen LogP contribution in [-0.4, -0.2) is 62.5 Å². The van der Waals surface area contributed by atoms with Crippen LogP contribution >= 0.6 is 11.8 Å². The largest absolute Gasteiger partial charge is 0.381 e. The highest BCUT2D eigenvalue weighted by Gasteiger charge is 2.22. The second kappa shape index (κ2) is 13.7. The standard InChI is InChI=1S/C20H39N3O2S/c1-3-21-20(23-18-7-5-8-19(15-18)26-4-2)22-11-6-12-25-16-17-9-13-24-14-10-17/h17-19H,3-16H2,1-2H3,(H2,21,22,23). The molecule has 5 nitrogen and oxygen atoms in total. The van der Waals surface area contributed by atoms with Crippen molar-refractivity contribution in [3.8, 4) is 0 Å². The molecule has 0 aromatic carbocycles. The number of thioether (sulfide) groups is 1. The van der Waals surface area contributed by atoms with E-state index in [0.717, 1.165) is 70.0 Å². The van der Waals surface area contributed by atoms with Crippen LogP contribution in [0.2, 0.25) is 0 Å². The maximum Gasteiger partial charge on any atom is 0.191 e. The number of hydrogen-bond acceptors (Lipinski definition) is 4. The lowest BCUT2D eigenvalue weighted by atomic mass is 9.95. The number of nitrogens with zero attached hydrogens (tertiary/aromatic N) is 1. The van der Waals surface area contributed by atoms with Crippen LogP contribution in [0.15, 0.2) is 4.99 Å². The van der Waals surface area contributed by atoms with Gasteiger partial charge in [-0.2, -0.15) is 11.8 Å². The molecule has 2 atom stereocenters. The molecular formula is C20H39N3O2S. The zero-order valence-corrected chi connectivity index (χ0v) is 17.6. The fourth-order valence-electron chi connectivity index (χ4n) is 3.70. The van der Waals surface area contributed by atoms with Crippen LogP contribution in [0.5, 0.6) is 0 Å². The third kappa shape index (κ3) is 8.96. The van der Waals surface area contributed by atoms with Crippen molar-refractivity contribution in [1.29, 1.82) is 0 Å². The highest BCUT2D eigenvalue weighted by atomic mass is 32.2. The molecule has 2 rings (SSSR count). The van der Waals surface area contributed by atoms with E-state index in [4.69, 9.17) is 14.5 Å². The second-order valence-corrected chi connectivity index (χ2v) is 8.91. The van der Waals surface area contributed by atoms with Gasteiger partial charge in [-0.25, -0.2) is 0 Å². The summed E-state index contributed by atoms with van der Waals surface area (Å²) in [4.78, 5) is 4.75. The minimum atomic E-state index is 0.565. The number of hydrogen-bond donors (Lipinski definition) is 2. The van der Waals surface area contributed by atoms with Crippen LogP contribution in [0, 0.1) is 5.92 Å². The molecule has 0 spiro atoms. The summed E-state index contributed by atoms with van der Waals surface area (Å²) >= 11 is 2.11. The van der Waals surface area contributed by atoms with Gasteiger partial charge < -0.3 is 20.1 Å². The van der Waals surface area contributed by atoms with Crippen molar-refractivity contribution in [1.82, 2.24) is 10.6 Å². The van der Waals surface area contributed by atoms with E-state index < -0.39 is 0 Å². The third-order valence-corrected chi connectivity index (χ3v) is 6.36. The van der Waals surface area contributed by atoms with E-state index in [1.54, 1.807) is 0 Å². The lowest BCUT2D eigenvalue weighted by molar-refractivity contribution is 0.0205. The molecule has 0 amide bonds. The smallest absolute Gasteiger partial charge is 0.191 e. The zero-order valence-electron chi connectivity index (χ0n) is 16.8. The number of guanidine groups is 1. The summed E-state index contributed by atoms with van der Waals surface area (Å²) in [5, 5.41) is 7.87. The van der Waals surface area contributed by atoms with Gasteiger partial charge in [0.25, 0.3) is 0 Å². The fourth-order valence-corrected chi connectivity index (χ4v) is 4.87. The molecule has 1 aliphatic carbocycles. The molecule has 0 radical (unpaired) electrons. The van der Waals surface area contributed by atoms with Crippen LogP contribution < -0.4 is 10.6 Å². The van der Waals surface area contributed by atoms with Crippen molar-refractivity contribution >= 4 is 17.7 Å². The summed E-state index contributed by atoms with van der Waals surface area (Å²) < 4.78 is 11.2. The molecule has 0 aromatic heterocycles. The minimum absolute atomic E-state index is 0.565. The topological polar surface area (TPSA) is 54.9 Å². The van der Waals surface area contributed by atoms with Gasteiger partial charge in [0.2, 0.25) is 0 Å². The van der Waals surface area contributed by atoms with Crippen molar-refractivity contribution in [2.75, 3.05) is 45.3 Å². The van der Waals surface area contributed by atoms with Crippen LogP contribution in [0.25, 0.3) is 0 Å². The summed E-state index contributed by atoms with van der Waals surface area (Å²) in [5.41, 5.74) is 0. The van der Waals surface area contributed by atoms with Crippen molar-refractivity contribution in [2.24, 2.45) is 10.9 Å². The van der Waals surface area contributed by atoms with E-state index in [2.05, 4.69) is 36.2 Å². The van der Waals surface area contributed by atoms with Crippen molar-refractivity contribution in [2.45, 2.75) is 70.1 Å².